The first-order valence-corrected chi connectivity index (χ1v) is 7.10. The molecule has 0 fully saturated rings. The zero-order chi connectivity index (χ0) is 15.2. The fraction of sp³-hybridized carbons (Fsp3) is 0.133. The first-order valence-electron chi connectivity index (χ1n) is 6.22. The van der Waals surface area contributed by atoms with Crippen molar-refractivity contribution in [2.45, 2.75) is 17.1 Å². The lowest BCUT2D eigenvalue weighted by atomic mass is 10.1. The van der Waals surface area contributed by atoms with Crippen LogP contribution < -0.4 is 11.1 Å². The topological polar surface area (TPSA) is 55.1 Å². The molecule has 0 saturated carbocycles. The molecule has 3 nitrogen and oxygen atoms in total. The molecule has 0 saturated heterocycles. The Labute approximate surface area is 125 Å². The Morgan fingerprint density at radius 2 is 1.90 bits per heavy atom. The number of amides is 1. The van der Waals surface area contributed by atoms with Gasteiger partial charge in [-0.3, -0.25) is 4.79 Å². The van der Waals surface area contributed by atoms with Gasteiger partial charge in [0.15, 0.2) is 0 Å². The van der Waals surface area contributed by atoms with E-state index in [1.54, 1.807) is 42.5 Å². The summed E-state index contributed by atoms with van der Waals surface area (Å²) in [4.78, 5) is 12.3. The van der Waals surface area contributed by atoms with Gasteiger partial charge in [0.05, 0.1) is 6.42 Å². The number of carbonyl (C=O) groups excluding carboxylic acids is 1. The van der Waals surface area contributed by atoms with Crippen molar-refractivity contribution in [2.24, 2.45) is 0 Å². The lowest BCUT2D eigenvalue weighted by Crippen LogP contribution is -2.14. The Bertz CT molecular complexity index is 617. The van der Waals surface area contributed by atoms with Gasteiger partial charge in [0.2, 0.25) is 5.91 Å². The number of anilines is 2. The van der Waals surface area contributed by atoms with Crippen LogP contribution in [0.15, 0.2) is 53.4 Å². The van der Waals surface area contributed by atoms with Crippen LogP contribution in [0.25, 0.3) is 0 Å². The molecule has 0 aromatic heterocycles. The van der Waals surface area contributed by atoms with Gasteiger partial charge in [-0.25, -0.2) is 0 Å². The van der Waals surface area contributed by atoms with Crippen LogP contribution in [0.4, 0.5) is 20.2 Å². The van der Waals surface area contributed by atoms with Crippen molar-refractivity contribution in [3.05, 3.63) is 54.1 Å². The van der Waals surface area contributed by atoms with Gasteiger partial charge in [0, 0.05) is 16.3 Å². The highest BCUT2D eigenvalue weighted by Gasteiger charge is 2.07. The fourth-order valence-corrected chi connectivity index (χ4v) is 2.31. The third-order valence-electron chi connectivity index (χ3n) is 2.68. The number of hydrogen-bond donors (Lipinski definition) is 2. The lowest BCUT2D eigenvalue weighted by Gasteiger charge is -2.07. The van der Waals surface area contributed by atoms with Gasteiger partial charge in [0.1, 0.15) is 0 Å². The number of nitrogens with two attached hydrogens (primary N) is 1. The number of nitrogens with one attached hydrogen (secondary N) is 1. The maximum Gasteiger partial charge on any atom is 0.288 e. The van der Waals surface area contributed by atoms with Crippen molar-refractivity contribution in [1.82, 2.24) is 0 Å². The van der Waals surface area contributed by atoms with Crippen LogP contribution in [0.2, 0.25) is 0 Å². The Hall–Kier alpha value is -2.08. The van der Waals surface area contributed by atoms with E-state index in [1.165, 1.54) is 0 Å². The molecule has 0 heterocycles. The Kier molecular flexibility index (Phi) is 5.16. The first kappa shape index (κ1) is 15.3. The van der Waals surface area contributed by atoms with E-state index in [0.29, 0.717) is 28.0 Å². The molecule has 6 heteroatoms. The second-order valence-corrected chi connectivity index (χ2v) is 5.44. The van der Waals surface area contributed by atoms with E-state index in [9.17, 15) is 13.6 Å². The minimum absolute atomic E-state index is 0.185. The van der Waals surface area contributed by atoms with Gasteiger partial charge in [-0.15, -0.1) is 0 Å². The highest BCUT2D eigenvalue weighted by Crippen LogP contribution is 2.26. The first-order chi connectivity index (χ1) is 10.0. The Morgan fingerprint density at radius 3 is 2.52 bits per heavy atom. The summed E-state index contributed by atoms with van der Waals surface area (Å²) < 4.78 is 24.4. The minimum Gasteiger partial charge on any atom is -0.399 e. The van der Waals surface area contributed by atoms with E-state index < -0.39 is 5.76 Å². The molecular formula is C15H14F2N2OS. The van der Waals surface area contributed by atoms with Crippen molar-refractivity contribution in [3.8, 4) is 0 Å². The van der Waals surface area contributed by atoms with Crippen LogP contribution in [0.1, 0.15) is 5.56 Å². The molecule has 21 heavy (non-hydrogen) atoms. The van der Waals surface area contributed by atoms with Crippen LogP contribution >= 0.6 is 11.8 Å². The summed E-state index contributed by atoms with van der Waals surface area (Å²) in [5.74, 6) is -2.64. The largest absolute Gasteiger partial charge is 0.399 e. The predicted molar refractivity (Wildman–Crippen MR) is 81.5 cm³/mol. The van der Waals surface area contributed by atoms with E-state index in [-0.39, 0.29) is 12.3 Å². The quantitative estimate of drug-likeness (QED) is 0.653. The molecule has 0 unspecified atom stereocenters. The molecule has 0 bridgehead atoms. The summed E-state index contributed by atoms with van der Waals surface area (Å²) >= 11 is 0.470. The van der Waals surface area contributed by atoms with Crippen molar-refractivity contribution >= 4 is 29.0 Å². The smallest absolute Gasteiger partial charge is 0.288 e. The molecule has 0 aliphatic heterocycles. The molecule has 3 N–H and O–H groups in total. The zero-order valence-corrected chi connectivity index (χ0v) is 11.9. The van der Waals surface area contributed by atoms with Crippen molar-refractivity contribution < 1.29 is 13.6 Å². The van der Waals surface area contributed by atoms with Crippen LogP contribution in [0.5, 0.6) is 0 Å². The van der Waals surface area contributed by atoms with Gasteiger partial charge >= 0.3 is 0 Å². The summed E-state index contributed by atoms with van der Waals surface area (Å²) in [6, 6.07) is 13.4. The highest BCUT2D eigenvalue weighted by atomic mass is 32.2. The van der Waals surface area contributed by atoms with Gasteiger partial charge in [-0.1, -0.05) is 23.9 Å². The van der Waals surface area contributed by atoms with E-state index >= 15 is 0 Å². The maximum absolute atomic E-state index is 12.2. The van der Waals surface area contributed by atoms with Gasteiger partial charge in [-0.2, -0.15) is 8.78 Å². The third-order valence-corrected chi connectivity index (χ3v) is 3.40. The standard InChI is InChI=1S/C15H14F2N2OS/c16-15(17)21-13-6-4-12(5-7-13)19-14(20)9-10-2-1-3-11(18)8-10/h1-8,15H,9,18H2,(H,19,20). The van der Waals surface area contributed by atoms with Crippen molar-refractivity contribution in [2.75, 3.05) is 11.1 Å². The number of nitrogen functional groups attached to an aromatic ring is 1. The number of carbonyl (C=O) groups is 1. The Morgan fingerprint density at radius 1 is 1.19 bits per heavy atom. The summed E-state index contributed by atoms with van der Waals surface area (Å²) in [5.41, 5.74) is 7.64. The predicted octanol–water partition coefficient (Wildman–Crippen LogP) is 3.76. The molecule has 0 radical (unpaired) electrons. The maximum atomic E-state index is 12.2. The third kappa shape index (κ3) is 5.07. The normalized spacial score (nSPS) is 10.6. The van der Waals surface area contributed by atoms with E-state index in [4.69, 9.17) is 5.73 Å². The Balaban J connectivity index is 1.93. The molecule has 2 rings (SSSR count). The van der Waals surface area contributed by atoms with E-state index in [2.05, 4.69) is 5.32 Å². The van der Waals surface area contributed by atoms with Crippen LogP contribution in [0, 0.1) is 0 Å². The molecule has 0 aliphatic rings. The average Bonchev–Trinajstić information content (AvgIpc) is 2.40. The lowest BCUT2D eigenvalue weighted by molar-refractivity contribution is -0.115. The van der Waals surface area contributed by atoms with Crippen molar-refractivity contribution in [3.63, 3.8) is 0 Å². The second kappa shape index (κ2) is 7.08. The summed E-state index contributed by atoms with van der Waals surface area (Å²) in [7, 11) is 0. The fourth-order valence-electron chi connectivity index (χ4n) is 1.81. The molecule has 110 valence electrons. The van der Waals surface area contributed by atoms with E-state index in [0.717, 1.165) is 5.56 Å². The van der Waals surface area contributed by atoms with Crippen molar-refractivity contribution in [1.29, 1.82) is 0 Å². The summed E-state index contributed by atoms with van der Waals surface area (Å²) in [5, 5.41) is 2.71. The van der Waals surface area contributed by atoms with E-state index in [1.807, 2.05) is 6.07 Å². The monoisotopic (exact) mass is 308 g/mol. The highest BCUT2D eigenvalue weighted by molar-refractivity contribution is 7.99. The number of hydrogen-bond acceptors (Lipinski definition) is 3. The average molecular weight is 308 g/mol. The molecule has 0 aliphatic carbocycles. The number of alkyl halides is 2. The minimum atomic E-state index is -2.45. The molecule has 1 amide bonds. The summed E-state index contributed by atoms with van der Waals surface area (Å²) in [6.07, 6.45) is 0.207. The van der Waals surface area contributed by atoms with Crippen LogP contribution in [0.3, 0.4) is 0 Å². The van der Waals surface area contributed by atoms with Crippen LogP contribution in [-0.2, 0) is 11.2 Å². The van der Waals surface area contributed by atoms with Crippen LogP contribution in [-0.4, -0.2) is 11.7 Å². The number of thioether (sulfide) groups is 1. The molecular weight excluding hydrogens is 294 g/mol. The summed E-state index contributed by atoms with van der Waals surface area (Å²) in [6.45, 7) is 0. The number of rotatable bonds is 5. The zero-order valence-electron chi connectivity index (χ0n) is 11.1. The number of benzene rings is 2. The molecule has 0 atom stereocenters. The van der Waals surface area contributed by atoms with Gasteiger partial charge in [0.25, 0.3) is 5.76 Å². The number of halogens is 2. The second-order valence-electron chi connectivity index (χ2n) is 4.37. The molecule has 0 spiro atoms. The SMILES string of the molecule is Nc1cccc(CC(=O)Nc2ccc(SC(F)F)cc2)c1. The van der Waals surface area contributed by atoms with Gasteiger partial charge in [-0.05, 0) is 42.0 Å². The molecule has 2 aromatic rings. The van der Waals surface area contributed by atoms with Gasteiger partial charge < -0.3 is 11.1 Å². The molecule has 2 aromatic carbocycles.